The van der Waals surface area contributed by atoms with E-state index in [0.717, 1.165) is 9.88 Å². The molecule has 1 atom stereocenters. The highest BCUT2D eigenvalue weighted by atomic mass is 32.1. The van der Waals surface area contributed by atoms with Crippen LogP contribution in [0.2, 0.25) is 0 Å². The molecule has 0 spiro atoms. The topological polar surface area (TPSA) is 85.6 Å². The fourth-order valence-corrected chi connectivity index (χ4v) is 2.48. The Morgan fingerprint density at radius 1 is 1.26 bits per heavy atom. The molecule has 0 saturated heterocycles. The first-order valence-corrected chi connectivity index (χ1v) is 6.69. The van der Waals surface area contributed by atoms with Crippen LogP contribution in [0.5, 0.6) is 17.2 Å². The zero-order valence-corrected chi connectivity index (χ0v) is 11.5. The average Bonchev–Trinajstić information content (AvgIpc) is 2.81. The standard InChI is InChI=1S/C13H16N2O3S/c1-7-5-15-13(19-7)8(2)14-6-9-3-4-10(16)12(18)11(9)17/h3-5,8,14,16-18H,6H2,1-2H3. The molecule has 0 fully saturated rings. The van der Waals surface area contributed by atoms with Crippen molar-refractivity contribution in [3.8, 4) is 17.2 Å². The van der Waals surface area contributed by atoms with Gasteiger partial charge in [-0.15, -0.1) is 11.3 Å². The fourth-order valence-electron chi connectivity index (χ4n) is 1.68. The number of benzene rings is 1. The predicted octanol–water partition coefficient (Wildman–Crippen LogP) is 2.42. The molecule has 0 saturated carbocycles. The Hall–Kier alpha value is -1.79. The van der Waals surface area contributed by atoms with Crippen LogP contribution in [0.1, 0.15) is 28.4 Å². The van der Waals surface area contributed by atoms with E-state index in [0.29, 0.717) is 12.1 Å². The molecule has 4 N–H and O–H groups in total. The van der Waals surface area contributed by atoms with Crippen LogP contribution in [0.25, 0.3) is 0 Å². The molecule has 0 amide bonds. The van der Waals surface area contributed by atoms with Crippen LogP contribution in [0.4, 0.5) is 0 Å². The third kappa shape index (κ3) is 2.97. The van der Waals surface area contributed by atoms with E-state index >= 15 is 0 Å². The minimum Gasteiger partial charge on any atom is -0.504 e. The van der Waals surface area contributed by atoms with Crippen molar-refractivity contribution in [2.24, 2.45) is 0 Å². The van der Waals surface area contributed by atoms with Crippen molar-refractivity contribution in [3.05, 3.63) is 33.8 Å². The van der Waals surface area contributed by atoms with Crippen LogP contribution in [0, 0.1) is 6.92 Å². The predicted molar refractivity (Wildman–Crippen MR) is 73.5 cm³/mol. The van der Waals surface area contributed by atoms with Crippen molar-refractivity contribution in [2.45, 2.75) is 26.4 Å². The van der Waals surface area contributed by atoms with Crippen molar-refractivity contribution >= 4 is 11.3 Å². The number of thiazole rings is 1. The molecule has 1 heterocycles. The Morgan fingerprint density at radius 2 is 2.00 bits per heavy atom. The van der Waals surface area contributed by atoms with E-state index in [4.69, 9.17) is 0 Å². The number of phenols is 3. The van der Waals surface area contributed by atoms with Crippen LogP contribution in [0.15, 0.2) is 18.3 Å². The summed E-state index contributed by atoms with van der Waals surface area (Å²) >= 11 is 1.62. The van der Waals surface area contributed by atoms with E-state index in [1.807, 2.05) is 20.0 Å². The minimum absolute atomic E-state index is 0.0500. The molecule has 1 unspecified atom stereocenters. The molecule has 102 valence electrons. The van der Waals surface area contributed by atoms with Gasteiger partial charge in [0.15, 0.2) is 11.5 Å². The number of rotatable bonds is 4. The minimum atomic E-state index is -0.489. The Balaban J connectivity index is 2.05. The number of hydrogen-bond donors (Lipinski definition) is 4. The average molecular weight is 280 g/mol. The van der Waals surface area contributed by atoms with E-state index in [9.17, 15) is 15.3 Å². The first kappa shape index (κ1) is 13.6. The molecule has 2 aromatic rings. The number of aromatic nitrogens is 1. The van der Waals surface area contributed by atoms with Crippen molar-refractivity contribution in [3.63, 3.8) is 0 Å². The number of aromatic hydroxyl groups is 3. The van der Waals surface area contributed by atoms with Crippen LogP contribution in [0.3, 0.4) is 0 Å². The zero-order valence-electron chi connectivity index (χ0n) is 10.7. The smallest absolute Gasteiger partial charge is 0.200 e. The largest absolute Gasteiger partial charge is 0.504 e. The summed E-state index contributed by atoms with van der Waals surface area (Å²) in [5.41, 5.74) is 0.524. The normalized spacial score (nSPS) is 12.5. The number of nitrogens with one attached hydrogen (secondary N) is 1. The Morgan fingerprint density at radius 3 is 2.63 bits per heavy atom. The van der Waals surface area contributed by atoms with Crippen LogP contribution in [-0.4, -0.2) is 20.3 Å². The van der Waals surface area contributed by atoms with Gasteiger partial charge < -0.3 is 20.6 Å². The highest BCUT2D eigenvalue weighted by Crippen LogP contribution is 2.37. The molecule has 0 aliphatic rings. The lowest BCUT2D eigenvalue weighted by atomic mass is 10.1. The van der Waals surface area contributed by atoms with Gasteiger partial charge in [0.25, 0.3) is 0 Å². The van der Waals surface area contributed by atoms with Crippen LogP contribution >= 0.6 is 11.3 Å². The summed E-state index contributed by atoms with van der Waals surface area (Å²) in [5.74, 6) is -1.11. The summed E-state index contributed by atoms with van der Waals surface area (Å²) in [6, 6.07) is 2.97. The van der Waals surface area contributed by atoms with Crippen molar-refractivity contribution in [1.29, 1.82) is 0 Å². The van der Waals surface area contributed by atoms with E-state index in [1.54, 1.807) is 17.4 Å². The monoisotopic (exact) mass is 280 g/mol. The van der Waals surface area contributed by atoms with E-state index in [-0.39, 0.29) is 17.5 Å². The van der Waals surface area contributed by atoms with Gasteiger partial charge in [-0.3, -0.25) is 0 Å². The van der Waals surface area contributed by atoms with E-state index in [2.05, 4.69) is 10.3 Å². The van der Waals surface area contributed by atoms with E-state index < -0.39 is 5.75 Å². The summed E-state index contributed by atoms with van der Waals surface area (Å²) in [5, 5.41) is 32.6. The molecule has 6 heteroatoms. The third-order valence-electron chi connectivity index (χ3n) is 2.82. The maximum Gasteiger partial charge on any atom is 0.200 e. The molecular formula is C13H16N2O3S. The first-order chi connectivity index (χ1) is 8.99. The molecule has 19 heavy (non-hydrogen) atoms. The Labute approximate surface area is 115 Å². The lowest BCUT2D eigenvalue weighted by molar-refractivity contribution is 0.363. The number of aryl methyl sites for hydroxylation is 1. The quantitative estimate of drug-likeness (QED) is 0.646. The second kappa shape index (κ2) is 5.46. The van der Waals surface area contributed by atoms with Gasteiger partial charge in [0.1, 0.15) is 5.01 Å². The number of hydrogen-bond acceptors (Lipinski definition) is 6. The molecule has 0 aliphatic carbocycles. The molecule has 2 rings (SSSR count). The highest BCUT2D eigenvalue weighted by Gasteiger charge is 2.13. The van der Waals surface area contributed by atoms with Gasteiger partial charge in [0.2, 0.25) is 5.75 Å². The molecule has 1 aromatic heterocycles. The maximum absolute atomic E-state index is 9.70. The van der Waals surface area contributed by atoms with Crippen LogP contribution in [-0.2, 0) is 6.54 Å². The SMILES string of the molecule is Cc1cnc(C(C)NCc2ccc(O)c(O)c2O)s1. The van der Waals surface area contributed by atoms with Gasteiger partial charge in [0.05, 0.1) is 6.04 Å². The first-order valence-electron chi connectivity index (χ1n) is 5.87. The number of nitrogens with zero attached hydrogens (tertiary/aromatic N) is 1. The Kier molecular flexibility index (Phi) is 3.92. The van der Waals surface area contributed by atoms with Gasteiger partial charge in [-0.25, -0.2) is 4.98 Å². The molecule has 1 aromatic carbocycles. The second-order valence-electron chi connectivity index (χ2n) is 4.35. The molecule has 0 bridgehead atoms. The van der Waals surface area contributed by atoms with Gasteiger partial charge in [-0.05, 0) is 19.9 Å². The van der Waals surface area contributed by atoms with Crippen molar-refractivity contribution < 1.29 is 15.3 Å². The van der Waals surface area contributed by atoms with Gasteiger partial charge in [-0.2, -0.15) is 0 Å². The van der Waals surface area contributed by atoms with Crippen molar-refractivity contribution in [2.75, 3.05) is 0 Å². The molecule has 0 aliphatic heterocycles. The molecular weight excluding hydrogens is 264 g/mol. The number of phenolic OH excluding ortho intramolecular Hbond substituents is 3. The summed E-state index contributed by atoms with van der Waals surface area (Å²) in [6.45, 7) is 4.35. The van der Waals surface area contributed by atoms with Gasteiger partial charge >= 0.3 is 0 Å². The lowest BCUT2D eigenvalue weighted by Crippen LogP contribution is -2.17. The van der Waals surface area contributed by atoms with Crippen molar-refractivity contribution in [1.82, 2.24) is 10.3 Å². The lowest BCUT2D eigenvalue weighted by Gasteiger charge is -2.13. The highest BCUT2D eigenvalue weighted by molar-refractivity contribution is 7.11. The third-order valence-corrected chi connectivity index (χ3v) is 3.92. The van der Waals surface area contributed by atoms with Gasteiger partial charge in [0, 0.05) is 23.2 Å². The molecule has 0 radical (unpaired) electrons. The van der Waals surface area contributed by atoms with Gasteiger partial charge in [-0.1, -0.05) is 6.07 Å². The summed E-state index contributed by atoms with van der Waals surface area (Å²) in [4.78, 5) is 5.43. The maximum atomic E-state index is 9.70. The van der Waals surface area contributed by atoms with Crippen LogP contribution < -0.4 is 5.32 Å². The molecule has 5 nitrogen and oxygen atoms in total. The summed E-state index contributed by atoms with van der Waals surface area (Å²) < 4.78 is 0. The van der Waals surface area contributed by atoms with E-state index in [1.165, 1.54) is 6.07 Å². The fraction of sp³-hybridized carbons (Fsp3) is 0.308. The summed E-state index contributed by atoms with van der Waals surface area (Å²) in [7, 11) is 0. The zero-order chi connectivity index (χ0) is 14.0. The Bertz CT molecular complexity index is 583. The summed E-state index contributed by atoms with van der Waals surface area (Å²) in [6.07, 6.45) is 1.82. The second-order valence-corrected chi connectivity index (χ2v) is 5.62.